The lowest BCUT2D eigenvalue weighted by Gasteiger charge is -2.16. The molecule has 4 rings (SSSR count). The predicted octanol–water partition coefficient (Wildman–Crippen LogP) is 3.72. The van der Waals surface area contributed by atoms with Crippen molar-refractivity contribution in [2.75, 3.05) is 5.32 Å². The zero-order valence-corrected chi connectivity index (χ0v) is 16.9. The normalized spacial score (nSPS) is 11.3. The highest BCUT2D eigenvalue weighted by atomic mass is 16.2. The van der Waals surface area contributed by atoms with E-state index in [-0.39, 0.29) is 18.0 Å². The molecule has 2 aromatic heterocycles. The van der Waals surface area contributed by atoms with Crippen molar-refractivity contribution in [1.29, 1.82) is 0 Å². The molecular weight excluding hydrogens is 364 g/mol. The maximum atomic E-state index is 13.1. The van der Waals surface area contributed by atoms with E-state index in [2.05, 4.69) is 24.3 Å². The van der Waals surface area contributed by atoms with Crippen LogP contribution in [0.25, 0.3) is 16.6 Å². The molecule has 1 N–H and O–H groups in total. The van der Waals surface area contributed by atoms with Crippen molar-refractivity contribution in [3.05, 3.63) is 75.7 Å². The van der Waals surface area contributed by atoms with Crippen molar-refractivity contribution < 1.29 is 4.79 Å². The third-order valence-corrected chi connectivity index (χ3v) is 5.26. The van der Waals surface area contributed by atoms with Crippen LogP contribution in [0, 0.1) is 6.92 Å². The van der Waals surface area contributed by atoms with E-state index < -0.39 is 0 Å². The van der Waals surface area contributed by atoms with E-state index in [9.17, 15) is 9.59 Å². The van der Waals surface area contributed by atoms with Gasteiger partial charge in [-0.3, -0.25) is 14.2 Å². The van der Waals surface area contributed by atoms with Gasteiger partial charge in [0.1, 0.15) is 12.2 Å². The van der Waals surface area contributed by atoms with E-state index in [1.54, 1.807) is 10.6 Å². The molecule has 0 unspecified atom stereocenters. The van der Waals surface area contributed by atoms with Crippen LogP contribution in [-0.2, 0) is 24.2 Å². The van der Waals surface area contributed by atoms with Crippen molar-refractivity contribution in [1.82, 2.24) is 14.2 Å². The number of nitrogens with one attached hydrogen (secondary N) is 1. The molecule has 0 saturated heterocycles. The van der Waals surface area contributed by atoms with Gasteiger partial charge in [-0.1, -0.05) is 44.2 Å². The Morgan fingerprint density at radius 2 is 1.72 bits per heavy atom. The highest BCUT2D eigenvalue weighted by Gasteiger charge is 2.16. The summed E-state index contributed by atoms with van der Waals surface area (Å²) in [5.41, 5.74) is 4.99. The Morgan fingerprint density at radius 1 is 1.03 bits per heavy atom. The van der Waals surface area contributed by atoms with Crippen molar-refractivity contribution in [2.45, 2.75) is 40.2 Å². The Labute approximate surface area is 168 Å². The monoisotopic (exact) mass is 388 g/mol. The fourth-order valence-corrected chi connectivity index (χ4v) is 3.82. The van der Waals surface area contributed by atoms with E-state index in [4.69, 9.17) is 0 Å². The van der Waals surface area contributed by atoms with Crippen LogP contribution in [0.2, 0.25) is 0 Å². The van der Waals surface area contributed by atoms with E-state index >= 15 is 0 Å². The molecule has 0 radical (unpaired) electrons. The SMILES string of the molecule is CCc1cccc(CC)c1NC(=O)Cn1c(=O)c2ccccc2n2nc(C)cc12. The maximum Gasteiger partial charge on any atom is 0.262 e. The number of carbonyl (C=O) groups excluding carboxylic acids is 1. The fourth-order valence-electron chi connectivity index (χ4n) is 3.82. The molecule has 6 nitrogen and oxygen atoms in total. The first-order valence-corrected chi connectivity index (χ1v) is 9.92. The summed E-state index contributed by atoms with van der Waals surface area (Å²) in [4.78, 5) is 26.1. The zero-order chi connectivity index (χ0) is 20.5. The maximum absolute atomic E-state index is 13.1. The average molecular weight is 388 g/mol. The van der Waals surface area contributed by atoms with Gasteiger partial charge in [-0.2, -0.15) is 5.10 Å². The number of aryl methyl sites for hydroxylation is 3. The molecule has 0 bridgehead atoms. The van der Waals surface area contributed by atoms with Gasteiger partial charge in [0.2, 0.25) is 5.91 Å². The van der Waals surface area contributed by atoms with Crippen LogP contribution in [0.4, 0.5) is 5.69 Å². The average Bonchev–Trinajstić information content (AvgIpc) is 3.13. The molecule has 0 aliphatic carbocycles. The number of anilines is 1. The summed E-state index contributed by atoms with van der Waals surface area (Å²) >= 11 is 0. The second kappa shape index (κ2) is 7.54. The number of amides is 1. The molecule has 0 spiro atoms. The number of hydrogen-bond donors (Lipinski definition) is 1. The number of para-hydroxylation sites is 2. The highest BCUT2D eigenvalue weighted by Crippen LogP contribution is 2.23. The Bertz CT molecular complexity index is 1260. The van der Waals surface area contributed by atoms with Crippen molar-refractivity contribution >= 4 is 28.1 Å². The summed E-state index contributed by atoms with van der Waals surface area (Å²) in [6, 6.07) is 15.2. The first-order valence-electron chi connectivity index (χ1n) is 9.92. The van der Waals surface area contributed by atoms with E-state index in [1.807, 2.05) is 49.4 Å². The molecule has 2 aromatic carbocycles. The first kappa shape index (κ1) is 18.9. The summed E-state index contributed by atoms with van der Waals surface area (Å²) < 4.78 is 3.23. The van der Waals surface area contributed by atoms with Crippen LogP contribution < -0.4 is 10.9 Å². The number of rotatable bonds is 5. The minimum atomic E-state index is -0.223. The minimum absolute atomic E-state index is 0.0699. The second-order valence-corrected chi connectivity index (χ2v) is 7.17. The lowest BCUT2D eigenvalue weighted by molar-refractivity contribution is -0.116. The van der Waals surface area contributed by atoms with Crippen molar-refractivity contribution in [2.24, 2.45) is 0 Å². The van der Waals surface area contributed by atoms with Crippen LogP contribution in [0.3, 0.4) is 0 Å². The summed E-state index contributed by atoms with van der Waals surface area (Å²) in [5.74, 6) is -0.223. The smallest absolute Gasteiger partial charge is 0.262 e. The first-order chi connectivity index (χ1) is 14.0. The number of nitrogens with zero attached hydrogens (tertiary/aromatic N) is 3. The fraction of sp³-hybridized carbons (Fsp3) is 0.261. The van der Waals surface area contributed by atoms with Gasteiger partial charge in [0.25, 0.3) is 5.56 Å². The predicted molar refractivity (Wildman–Crippen MR) is 116 cm³/mol. The standard InChI is InChI=1S/C23H24N4O2/c1-4-16-9-8-10-17(5-2)22(16)24-20(28)14-26-21-13-15(3)25-27(21)19-12-7-6-11-18(19)23(26)29/h6-13H,4-5,14H2,1-3H3,(H,24,28). The highest BCUT2D eigenvalue weighted by molar-refractivity contribution is 5.93. The van der Waals surface area contributed by atoms with Gasteiger partial charge in [0.05, 0.1) is 16.6 Å². The van der Waals surface area contributed by atoms with Crippen LogP contribution in [-0.4, -0.2) is 20.1 Å². The number of fused-ring (bicyclic) bond motifs is 3. The molecule has 0 aliphatic heterocycles. The molecule has 148 valence electrons. The molecule has 29 heavy (non-hydrogen) atoms. The number of aromatic nitrogens is 3. The summed E-state index contributed by atoms with van der Waals surface area (Å²) in [6.07, 6.45) is 1.65. The summed E-state index contributed by atoms with van der Waals surface area (Å²) in [6.45, 7) is 5.94. The topological polar surface area (TPSA) is 68.4 Å². The third kappa shape index (κ3) is 3.31. The van der Waals surface area contributed by atoms with Gasteiger partial charge in [-0.15, -0.1) is 0 Å². The quantitative estimate of drug-likeness (QED) is 0.567. The zero-order valence-electron chi connectivity index (χ0n) is 16.9. The molecule has 4 aromatic rings. The third-order valence-electron chi connectivity index (χ3n) is 5.26. The van der Waals surface area contributed by atoms with E-state index in [0.717, 1.165) is 40.9 Å². The van der Waals surface area contributed by atoms with Crippen LogP contribution in [0.15, 0.2) is 53.3 Å². The lowest BCUT2D eigenvalue weighted by atomic mass is 10.0. The van der Waals surface area contributed by atoms with Gasteiger partial charge >= 0.3 is 0 Å². The van der Waals surface area contributed by atoms with Gasteiger partial charge in [-0.05, 0) is 43.0 Å². The summed E-state index contributed by atoms with van der Waals surface area (Å²) in [7, 11) is 0. The molecule has 0 fully saturated rings. The second-order valence-electron chi connectivity index (χ2n) is 7.17. The van der Waals surface area contributed by atoms with E-state index in [0.29, 0.717) is 11.0 Å². The minimum Gasteiger partial charge on any atom is -0.324 e. The molecule has 6 heteroatoms. The van der Waals surface area contributed by atoms with Crippen LogP contribution in [0.1, 0.15) is 30.7 Å². The number of hydrogen-bond acceptors (Lipinski definition) is 3. The number of carbonyl (C=O) groups is 1. The van der Waals surface area contributed by atoms with Crippen LogP contribution >= 0.6 is 0 Å². The van der Waals surface area contributed by atoms with Crippen molar-refractivity contribution in [3.63, 3.8) is 0 Å². The Kier molecular flexibility index (Phi) is 4.92. The molecule has 0 atom stereocenters. The summed E-state index contributed by atoms with van der Waals surface area (Å²) in [5, 5.41) is 8.10. The van der Waals surface area contributed by atoms with Crippen LogP contribution in [0.5, 0.6) is 0 Å². The van der Waals surface area contributed by atoms with Gasteiger partial charge in [0.15, 0.2) is 0 Å². The van der Waals surface area contributed by atoms with Gasteiger partial charge in [-0.25, -0.2) is 4.52 Å². The molecule has 2 heterocycles. The lowest BCUT2D eigenvalue weighted by Crippen LogP contribution is -2.29. The van der Waals surface area contributed by atoms with Gasteiger partial charge < -0.3 is 5.32 Å². The largest absolute Gasteiger partial charge is 0.324 e. The molecule has 1 amide bonds. The molecule has 0 saturated carbocycles. The van der Waals surface area contributed by atoms with Crippen molar-refractivity contribution in [3.8, 4) is 0 Å². The molecular formula is C23H24N4O2. The number of benzene rings is 2. The Balaban J connectivity index is 1.78. The van der Waals surface area contributed by atoms with E-state index in [1.165, 1.54) is 4.57 Å². The Hall–Kier alpha value is -3.41. The van der Waals surface area contributed by atoms with Gasteiger partial charge in [0, 0.05) is 11.8 Å². The Morgan fingerprint density at radius 3 is 2.41 bits per heavy atom. The molecule has 0 aliphatic rings.